The highest BCUT2D eigenvalue weighted by Crippen LogP contribution is 2.16. The molecule has 4 nitrogen and oxygen atoms in total. The molecule has 19 heavy (non-hydrogen) atoms. The maximum absolute atomic E-state index is 4.46. The topological polar surface area (TPSA) is 34.6 Å². The number of pyridine rings is 1. The molecule has 0 saturated carbocycles. The van der Waals surface area contributed by atoms with Crippen LogP contribution in [0.2, 0.25) is 0 Å². The highest BCUT2D eigenvalue weighted by Gasteiger charge is 2.16. The van der Waals surface area contributed by atoms with Crippen molar-refractivity contribution in [3.8, 4) is 17.1 Å². The zero-order valence-corrected chi connectivity index (χ0v) is 11.9. The molecule has 0 aliphatic rings. The number of hydrogen-bond acceptors (Lipinski definition) is 2. The largest absolute Gasteiger partial charge is 0.252 e. The lowest BCUT2D eigenvalue weighted by molar-refractivity contribution is -0.721. The van der Waals surface area contributed by atoms with Crippen molar-refractivity contribution < 1.29 is 4.68 Å². The maximum atomic E-state index is 4.46. The molecule has 2 aromatic heterocycles. The first kappa shape index (κ1) is 12.0. The lowest BCUT2D eigenvalue weighted by Crippen LogP contribution is -2.33. The number of aryl methyl sites for hydroxylation is 1. The van der Waals surface area contributed by atoms with Crippen LogP contribution in [0.25, 0.3) is 17.1 Å². The van der Waals surface area contributed by atoms with Gasteiger partial charge in [-0.05, 0) is 36.4 Å². The molecular weight excluding hydrogens is 304 g/mol. The van der Waals surface area contributed by atoms with Crippen LogP contribution in [0.3, 0.4) is 0 Å². The predicted octanol–water partition coefficient (Wildman–Crippen LogP) is 2.52. The van der Waals surface area contributed by atoms with Gasteiger partial charge in [-0.3, -0.25) is 4.98 Å². The number of halogens is 1. The van der Waals surface area contributed by atoms with E-state index in [-0.39, 0.29) is 0 Å². The van der Waals surface area contributed by atoms with Gasteiger partial charge in [0.2, 0.25) is 5.69 Å². The average Bonchev–Trinajstić information content (AvgIpc) is 2.83. The fourth-order valence-electron chi connectivity index (χ4n) is 1.88. The molecule has 94 valence electrons. The van der Waals surface area contributed by atoms with Gasteiger partial charge in [-0.2, -0.15) is 0 Å². The Morgan fingerprint density at radius 1 is 1.11 bits per heavy atom. The lowest BCUT2D eigenvalue weighted by Gasteiger charge is -1.92. The van der Waals surface area contributed by atoms with Crippen LogP contribution in [0.1, 0.15) is 0 Å². The lowest BCUT2D eigenvalue weighted by atomic mass is 10.3. The number of aromatic nitrogens is 4. The molecule has 0 spiro atoms. The van der Waals surface area contributed by atoms with Crippen molar-refractivity contribution >= 4 is 15.9 Å². The van der Waals surface area contributed by atoms with Gasteiger partial charge in [0.15, 0.2) is 11.9 Å². The molecular formula is C14H12BrN4+. The van der Waals surface area contributed by atoms with E-state index < -0.39 is 0 Å². The molecule has 0 amide bonds. The van der Waals surface area contributed by atoms with E-state index in [1.165, 1.54) is 0 Å². The Morgan fingerprint density at radius 2 is 1.89 bits per heavy atom. The summed E-state index contributed by atoms with van der Waals surface area (Å²) in [6, 6.07) is 13.9. The summed E-state index contributed by atoms with van der Waals surface area (Å²) in [5.41, 5.74) is 2.90. The summed E-state index contributed by atoms with van der Waals surface area (Å²) in [4.78, 5) is 4.35. The Hall–Kier alpha value is -2.01. The van der Waals surface area contributed by atoms with Crippen LogP contribution in [-0.2, 0) is 7.05 Å². The second-order valence-corrected chi connectivity index (χ2v) is 5.08. The molecule has 0 atom stereocenters. The molecule has 3 rings (SSSR count). The van der Waals surface area contributed by atoms with Crippen molar-refractivity contribution in [1.82, 2.24) is 14.9 Å². The van der Waals surface area contributed by atoms with Crippen LogP contribution in [0.5, 0.6) is 0 Å². The highest BCUT2D eigenvalue weighted by molar-refractivity contribution is 9.10. The third kappa shape index (κ3) is 2.42. The van der Waals surface area contributed by atoms with Gasteiger partial charge in [-0.15, -0.1) is 9.36 Å². The molecule has 0 unspecified atom stereocenters. The quantitative estimate of drug-likeness (QED) is 0.681. The van der Waals surface area contributed by atoms with Crippen LogP contribution in [0.4, 0.5) is 0 Å². The smallest absolute Gasteiger partial charge is 0.216 e. The molecule has 0 N–H and O–H groups in total. The highest BCUT2D eigenvalue weighted by atomic mass is 79.9. The van der Waals surface area contributed by atoms with Gasteiger partial charge < -0.3 is 0 Å². The molecule has 1 aromatic carbocycles. The monoisotopic (exact) mass is 315 g/mol. The molecule has 0 saturated heterocycles. The van der Waals surface area contributed by atoms with Crippen molar-refractivity contribution in [2.24, 2.45) is 7.05 Å². The summed E-state index contributed by atoms with van der Waals surface area (Å²) in [5.74, 6) is 0. The fourth-order valence-corrected chi connectivity index (χ4v) is 2.15. The second-order valence-electron chi connectivity index (χ2n) is 4.16. The Bertz CT molecular complexity index is 689. The van der Waals surface area contributed by atoms with E-state index in [1.54, 1.807) is 6.20 Å². The van der Waals surface area contributed by atoms with Gasteiger partial charge >= 0.3 is 0 Å². The molecule has 0 aliphatic carbocycles. The summed E-state index contributed by atoms with van der Waals surface area (Å²) in [6.07, 6.45) is 3.76. The minimum absolute atomic E-state index is 0.911. The van der Waals surface area contributed by atoms with Gasteiger partial charge in [0.25, 0.3) is 0 Å². The standard InChI is InChI=1S/C14H12BrN4/c1-18-14(13-4-2-3-9-16-13)10-19(17-18)12-7-5-11(15)6-8-12/h2-10H,1H3/q+1. The van der Waals surface area contributed by atoms with Crippen molar-refractivity contribution in [3.63, 3.8) is 0 Å². The van der Waals surface area contributed by atoms with Crippen molar-refractivity contribution in [2.45, 2.75) is 0 Å². The van der Waals surface area contributed by atoms with E-state index in [9.17, 15) is 0 Å². The number of rotatable bonds is 2. The number of hydrogen-bond donors (Lipinski definition) is 0. The van der Waals surface area contributed by atoms with Gasteiger partial charge in [0, 0.05) is 10.7 Å². The van der Waals surface area contributed by atoms with E-state index in [1.807, 2.05) is 65.1 Å². The summed E-state index contributed by atoms with van der Waals surface area (Å²) < 4.78 is 4.72. The number of nitrogens with zero attached hydrogens (tertiary/aromatic N) is 4. The van der Waals surface area contributed by atoms with Crippen molar-refractivity contribution in [3.05, 3.63) is 59.3 Å². The van der Waals surface area contributed by atoms with E-state index >= 15 is 0 Å². The van der Waals surface area contributed by atoms with E-state index in [0.717, 1.165) is 21.5 Å². The normalized spacial score (nSPS) is 10.6. The first-order valence-electron chi connectivity index (χ1n) is 5.87. The SMILES string of the molecule is C[n+]1nn(-c2ccc(Br)cc2)cc1-c1ccccn1. The molecule has 5 heteroatoms. The zero-order chi connectivity index (χ0) is 13.2. The van der Waals surface area contributed by atoms with Crippen molar-refractivity contribution in [1.29, 1.82) is 0 Å². The zero-order valence-electron chi connectivity index (χ0n) is 10.4. The fraction of sp³-hybridized carbons (Fsp3) is 0.0714. The minimum atomic E-state index is 0.911. The molecule has 0 aliphatic heterocycles. The Morgan fingerprint density at radius 3 is 2.58 bits per heavy atom. The summed E-state index contributed by atoms with van der Waals surface area (Å²) >= 11 is 3.43. The maximum Gasteiger partial charge on any atom is 0.216 e. The minimum Gasteiger partial charge on any atom is -0.252 e. The average molecular weight is 316 g/mol. The third-order valence-corrected chi connectivity index (χ3v) is 3.37. The molecule has 3 aromatic rings. The van der Waals surface area contributed by atoms with Gasteiger partial charge in [0.05, 0.1) is 5.21 Å². The first-order chi connectivity index (χ1) is 9.24. The van der Waals surface area contributed by atoms with Crippen LogP contribution in [0, 0.1) is 0 Å². The summed E-state index contributed by atoms with van der Waals surface area (Å²) in [7, 11) is 1.92. The Kier molecular flexibility index (Phi) is 3.13. The van der Waals surface area contributed by atoms with E-state index in [2.05, 4.69) is 26.1 Å². The van der Waals surface area contributed by atoms with Crippen molar-refractivity contribution in [2.75, 3.05) is 0 Å². The summed E-state index contributed by atoms with van der Waals surface area (Å²) in [6.45, 7) is 0. The molecule has 2 heterocycles. The van der Waals surface area contributed by atoms with Crippen LogP contribution in [0.15, 0.2) is 59.3 Å². The molecule has 0 fully saturated rings. The Labute approximate surface area is 119 Å². The van der Waals surface area contributed by atoms with E-state index in [0.29, 0.717) is 0 Å². The van der Waals surface area contributed by atoms with Crippen LogP contribution < -0.4 is 4.68 Å². The molecule has 0 radical (unpaired) electrons. The van der Waals surface area contributed by atoms with Gasteiger partial charge in [0.1, 0.15) is 12.7 Å². The van der Waals surface area contributed by atoms with Crippen LogP contribution in [-0.4, -0.2) is 14.9 Å². The first-order valence-corrected chi connectivity index (χ1v) is 6.67. The van der Waals surface area contributed by atoms with Gasteiger partial charge in [-0.25, -0.2) is 0 Å². The van der Waals surface area contributed by atoms with Crippen LogP contribution >= 0.6 is 15.9 Å². The predicted molar refractivity (Wildman–Crippen MR) is 75.7 cm³/mol. The number of benzene rings is 1. The summed E-state index contributed by atoms with van der Waals surface area (Å²) in [5, 5.41) is 4.46. The molecule has 0 bridgehead atoms. The second kappa shape index (κ2) is 4.93. The Balaban J connectivity index is 2.04. The third-order valence-electron chi connectivity index (χ3n) is 2.84. The van der Waals surface area contributed by atoms with Gasteiger partial charge in [-0.1, -0.05) is 22.0 Å². The van der Waals surface area contributed by atoms with E-state index in [4.69, 9.17) is 0 Å².